The molecule has 0 aliphatic carbocycles. The fourth-order valence-electron chi connectivity index (χ4n) is 2.20. The first-order valence-corrected chi connectivity index (χ1v) is 6.95. The highest BCUT2D eigenvalue weighted by Crippen LogP contribution is 2.19. The van der Waals surface area contributed by atoms with Crippen molar-refractivity contribution in [1.29, 1.82) is 0 Å². The van der Waals surface area contributed by atoms with E-state index in [0.29, 0.717) is 18.9 Å². The number of halogens is 2. The van der Waals surface area contributed by atoms with Gasteiger partial charge in [0.1, 0.15) is 11.6 Å². The molecule has 0 spiro atoms. The maximum absolute atomic E-state index is 13.0. The summed E-state index contributed by atoms with van der Waals surface area (Å²) >= 11 is 5.69. The number of rotatable bonds is 7. The molecule has 0 heterocycles. The molecule has 0 aromatic heterocycles. The van der Waals surface area contributed by atoms with Gasteiger partial charge in [-0.1, -0.05) is 31.5 Å². The van der Waals surface area contributed by atoms with Crippen molar-refractivity contribution in [3.63, 3.8) is 0 Å². The number of ketones is 1. The van der Waals surface area contributed by atoms with Gasteiger partial charge in [0.15, 0.2) is 0 Å². The molecule has 1 unspecified atom stereocenters. The van der Waals surface area contributed by atoms with E-state index in [-0.39, 0.29) is 23.1 Å². The normalized spacial score (nSPS) is 12.7. The van der Waals surface area contributed by atoms with Crippen molar-refractivity contribution >= 4 is 17.4 Å². The highest BCUT2D eigenvalue weighted by Gasteiger charge is 2.15. The van der Waals surface area contributed by atoms with Gasteiger partial charge in [0, 0.05) is 12.8 Å². The van der Waals surface area contributed by atoms with Crippen LogP contribution in [0.1, 0.15) is 32.3 Å². The van der Waals surface area contributed by atoms with E-state index in [0.717, 1.165) is 12.0 Å². The Morgan fingerprint density at radius 2 is 2.11 bits per heavy atom. The second-order valence-corrected chi connectivity index (χ2v) is 5.81. The summed E-state index contributed by atoms with van der Waals surface area (Å²) in [5, 5.41) is 0.0582. The average Bonchev–Trinajstić information content (AvgIpc) is 2.32. The minimum Gasteiger partial charge on any atom is -0.330 e. The summed E-state index contributed by atoms with van der Waals surface area (Å²) in [5.41, 5.74) is 6.43. The molecule has 1 aromatic rings. The Balaban J connectivity index is 2.56. The fourth-order valence-corrected chi connectivity index (χ4v) is 2.40. The zero-order chi connectivity index (χ0) is 14.4. The third-order valence-electron chi connectivity index (χ3n) is 3.04. The van der Waals surface area contributed by atoms with Gasteiger partial charge >= 0.3 is 0 Å². The van der Waals surface area contributed by atoms with E-state index in [1.165, 1.54) is 12.1 Å². The number of benzene rings is 1. The van der Waals surface area contributed by atoms with Gasteiger partial charge in [-0.15, -0.1) is 0 Å². The zero-order valence-corrected chi connectivity index (χ0v) is 12.2. The molecule has 106 valence electrons. The van der Waals surface area contributed by atoms with E-state index < -0.39 is 5.82 Å². The second-order valence-electron chi connectivity index (χ2n) is 5.40. The molecule has 4 heteroatoms. The van der Waals surface area contributed by atoms with Crippen LogP contribution in [0.5, 0.6) is 0 Å². The lowest BCUT2D eigenvalue weighted by molar-refractivity contribution is -0.119. The van der Waals surface area contributed by atoms with Crippen molar-refractivity contribution < 1.29 is 9.18 Å². The van der Waals surface area contributed by atoms with Crippen molar-refractivity contribution in [3.05, 3.63) is 34.6 Å². The topological polar surface area (TPSA) is 43.1 Å². The van der Waals surface area contributed by atoms with Gasteiger partial charge < -0.3 is 5.73 Å². The van der Waals surface area contributed by atoms with Crippen LogP contribution < -0.4 is 5.73 Å². The highest BCUT2D eigenvalue weighted by atomic mass is 35.5. The summed E-state index contributed by atoms with van der Waals surface area (Å²) in [6, 6.07) is 4.40. The lowest BCUT2D eigenvalue weighted by Gasteiger charge is -2.16. The van der Waals surface area contributed by atoms with E-state index in [1.54, 1.807) is 6.07 Å². The molecule has 0 aliphatic heterocycles. The van der Waals surface area contributed by atoms with Crippen LogP contribution in [-0.2, 0) is 11.2 Å². The molecule has 0 radical (unpaired) electrons. The van der Waals surface area contributed by atoms with Crippen molar-refractivity contribution in [2.75, 3.05) is 6.54 Å². The fraction of sp³-hybridized carbons (Fsp3) is 0.533. The van der Waals surface area contributed by atoms with Gasteiger partial charge in [-0.25, -0.2) is 4.39 Å². The Hall–Kier alpha value is -0.930. The Bertz CT molecular complexity index is 434. The van der Waals surface area contributed by atoms with Gasteiger partial charge in [0.2, 0.25) is 0 Å². The first kappa shape index (κ1) is 16.1. The Morgan fingerprint density at radius 3 is 2.63 bits per heavy atom. The molecule has 2 N–H and O–H groups in total. The van der Waals surface area contributed by atoms with E-state index >= 15 is 0 Å². The van der Waals surface area contributed by atoms with Crippen LogP contribution in [0.25, 0.3) is 0 Å². The van der Waals surface area contributed by atoms with Gasteiger partial charge in [-0.2, -0.15) is 0 Å². The lowest BCUT2D eigenvalue weighted by Crippen LogP contribution is -2.20. The number of hydrogen-bond acceptors (Lipinski definition) is 2. The first-order valence-electron chi connectivity index (χ1n) is 6.58. The number of hydrogen-bond donors (Lipinski definition) is 1. The van der Waals surface area contributed by atoms with Crippen LogP contribution in [0, 0.1) is 17.7 Å². The van der Waals surface area contributed by atoms with E-state index in [2.05, 4.69) is 13.8 Å². The third kappa shape index (κ3) is 5.70. The van der Waals surface area contributed by atoms with Gasteiger partial charge in [0.25, 0.3) is 0 Å². The SMILES string of the molecule is CC(C)CC(CN)CC(=O)Cc1ccc(F)c(Cl)c1. The highest BCUT2D eigenvalue weighted by molar-refractivity contribution is 6.30. The molecule has 0 amide bonds. The lowest BCUT2D eigenvalue weighted by atomic mass is 9.91. The van der Waals surface area contributed by atoms with E-state index in [1.807, 2.05) is 0 Å². The zero-order valence-electron chi connectivity index (χ0n) is 11.5. The molecule has 1 rings (SSSR count). The minimum atomic E-state index is -0.461. The summed E-state index contributed by atoms with van der Waals surface area (Å²) in [6.45, 7) is 4.76. The largest absolute Gasteiger partial charge is 0.330 e. The molecule has 0 fully saturated rings. The maximum Gasteiger partial charge on any atom is 0.141 e. The predicted octanol–water partition coefficient (Wildman–Crippen LogP) is 3.60. The molecule has 1 aromatic carbocycles. The summed E-state index contributed by atoms with van der Waals surface area (Å²) in [6.07, 6.45) is 1.71. The number of nitrogens with two attached hydrogens (primary N) is 1. The molecule has 0 bridgehead atoms. The summed E-state index contributed by atoms with van der Waals surface area (Å²) < 4.78 is 13.0. The quantitative estimate of drug-likeness (QED) is 0.832. The molecule has 1 atom stereocenters. The van der Waals surface area contributed by atoms with Crippen LogP contribution in [0.4, 0.5) is 4.39 Å². The molecule has 19 heavy (non-hydrogen) atoms. The molecule has 0 aliphatic rings. The second kappa shape index (κ2) is 7.61. The maximum atomic E-state index is 13.0. The Morgan fingerprint density at radius 1 is 1.42 bits per heavy atom. The molecular weight excluding hydrogens is 265 g/mol. The van der Waals surface area contributed by atoms with Crippen molar-refractivity contribution in [1.82, 2.24) is 0 Å². The summed E-state index contributed by atoms with van der Waals surface area (Å²) in [4.78, 5) is 12.0. The van der Waals surface area contributed by atoms with Crippen molar-refractivity contribution in [3.8, 4) is 0 Å². The molecule has 0 saturated heterocycles. The number of Topliss-reactive ketones (excluding diaryl/α,β-unsaturated/α-hetero) is 1. The number of carbonyl (C=O) groups is 1. The third-order valence-corrected chi connectivity index (χ3v) is 3.33. The molecule has 2 nitrogen and oxygen atoms in total. The van der Waals surface area contributed by atoms with Crippen molar-refractivity contribution in [2.45, 2.75) is 33.1 Å². The van der Waals surface area contributed by atoms with Gasteiger partial charge in [-0.05, 0) is 42.5 Å². The average molecular weight is 286 g/mol. The summed E-state index contributed by atoms with van der Waals surface area (Å²) in [7, 11) is 0. The standard InChI is InChI=1S/C15H21ClFNO/c1-10(2)5-12(9-18)7-13(19)6-11-3-4-15(17)14(16)8-11/h3-4,8,10,12H,5-7,9,18H2,1-2H3. The van der Waals surface area contributed by atoms with Crippen LogP contribution in [0.2, 0.25) is 5.02 Å². The Labute approximate surface area is 119 Å². The van der Waals surface area contributed by atoms with E-state index in [4.69, 9.17) is 17.3 Å². The van der Waals surface area contributed by atoms with Gasteiger partial charge in [-0.3, -0.25) is 4.79 Å². The Kier molecular flexibility index (Phi) is 6.46. The van der Waals surface area contributed by atoms with Crippen LogP contribution in [0.15, 0.2) is 18.2 Å². The summed E-state index contributed by atoms with van der Waals surface area (Å²) in [5.74, 6) is 0.418. The predicted molar refractivity (Wildman–Crippen MR) is 76.7 cm³/mol. The van der Waals surface area contributed by atoms with Crippen molar-refractivity contribution in [2.24, 2.45) is 17.6 Å². The monoisotopic (exact) mass is 285 g/mol. The minimum absolute atomic E-state index is 0.0582. The number of carbonyl (C=O) groups excluding carboxylic acids is 1. The van der Waals surface area contributed by atoms with Crippen LogP contribution >= 0.6 is 11.6 Å². The first-order chi connectivity index (χ1) is 8.92. The van der Waals surface area contributed by atoms with Crippen LogP contribution in [-0.4, -0.2) is 12.3 Å². The molecular formula is C15H21ClFNO. The van der Waals surface area contributed by atoms with Crippen LogP contribution in [0.3, 0.4) is 0 Å². The molecule has 0 saturated carbocycles. The smallest absolute Gasteiger partial charge is 0.141 e. The van der Waals surface area contributed by atoms with Gasteiger partial charge in [0.05, 0.1) is 5.02 Å². The van der Waals surface area contributed by atoms with E-state index in [9.17, 15) is 9.18 Å².